The molecule has 7 heteroatoms. The van der Waals surface area contributed by atoms with Gasteiger partial charge in [0, 0.05) is 13.1 Å². The predicted molar refractivity (Wildman–Crippen MR) is 117 cm³/mol. The number of nitrogens with one attached hydrogen (secondary N) is 2. The molecule has 1 aliphatic heterocycles. The number of rotatable bonds is 5. The summed E-state index contributed by atoms with van der Waals surface area (Å²) >= 11 is 0. The Kier molecular flexibility index (Phi) is 7.58. The van der Waals surface area contributed by atoms with Crippen LogP contribution in [0.3, 0.4) is 0 Å². The second-order valence-corrected chi connectivity index (χ2v) is 6.31. The van der Waals surface area contributed by atoms with Crippen molar-refractivity contribution >= 4 is 29.9 Å². The van der Waals surface area contributed by atoms with E-state index in [0.29, 0.717) is 18.8 Å². The van der Waals surface area contributed by atoms with Gasteiger partial charge in [0.05, 0.1) is 6.54 Å². The lowest BCUT2D eigenvalue weighted by Crippen LogP contribution is -2.36. The number of ether oxygens (including phenoxy) is 2. The van der Waals surface area contributed by atoms with Gasteiger partial charge in [-0.1, -0.05) is 18.2 Å². The minimum Gasteiger partial charge on any atom is -0.507 e. The van der Waals surface area contributed by atoms with Gasteiger partial charge >= 0.3 is 0 Å². The molecule has 2 aromatic carbocycles. The van der Waals surface area contributed by atoms with E-state index in [9.17, 15) is 5.11 Å². The Morgan fingerprint density at radius 2 is 1.74 bits per heavy atom. The maximum atomic E-state index is 9.89. The van der Waals surface area contributed by atoms with E-state index >= 15 is 0 Å². The van der Waals surface area contributed by atoms with Crippen LogP contribution >= 0.6 is 24.0 Å². The molecule has 27 heavy (non-hydrogen) atoms. The Morgan fingerprint density at radius 3 is 2.44 bits per heavy atom. The SMILES string of the molecule is CCNC(=NCc1cc(C)c(O)c(C)c1)NCc1ccc2c(c1)OCO2.I. The van der Waals surface area contributed by atoms with Crippen molar-refractivity contribution in [3.63, 3.8) is 0 Å². The zero-order chi connectivity index (χ0) is 18.5. The number of benzene rings is 2. The molecule has 2 aromatic rings. The van der Waals surface area contributed by atoms with E-state index in [-0.39, 0.29) is 30.8 Å². The summed E-state index contributed by atoms with van der Waals surface area (Å²) in [4.78, 5) is 4.64. The zero-order valence-corrected chi connectivity index (χ0v) is 18.2. The smallest absolute Gasteiger partial charge is 0.231 e. The molecule has 0 saturated heterocycles. The maximum absolute atomic E-state index is 9.89. The zero-order valence-electron chi connectivity index (χ0n) is 15.8. The van der Waals surface area contributed by atoms with E-state index < -0.39 is 0 Å². The molecule has 6 nitrogen and oxygen atoms in total. The van der Waals surface area contributed by atoms with Crippen molar-refractivity contribution in [2.24, 2.45) is 4.99 Å². The number of nitrogens with zero attached hydrogens (tertiary/aromatic N) is 1. The number of guanidine groups is 1. The molecule has 0 aliphatic carbocycles. The van der Waals surface area contributed by atoms with E-state index in [1.54, 1.807) is 0 Å². The number of halogens is 1. The van der Waals surface area contributed by atoms with Crippen LogP contribution in [-0.2, 0) is 13.1 Å². The van der Waals surface area contributed by atoms with Crippen LogP contribution in [-0.4, -0.2) is 24.4 Å². The van der Waals surface area contributed by atoms with Crippen LogP contribution in [0.25, 0.3) is 0 Å². The third-order valence-corrected chi connectivity index (χ3v) is 4.21. The third-order valence-electron chi connectivity index (χ3n) is 4.21. The second kappa shape index (κ2) is 9.68. The fourth-order valence-corrected chi connectivity index (χ4v) is 2.89. The van der Waals surface area contributed by atoms with Crippen molar-refractivity contribution in [1.29, 1.82) is 0 Å². The van der Waals surface area contributed by atoms with E-state index in [2.05, 4.69) is 15.6 Å². The first kappa shape index (κ1) is 21.1. The maximum Gasteiger partial charge on any atom is 0.231 e. The first-order chi connectivity index (χ1) is 12.6. The molecule has 3 rings (SSSR count). The highest BCUT2D eigenvalue weighted by Gasteiger charge is 2.13. The summed E-state index contributed by atoms with van der Waals surface area (Å²) in [5.41, 5.74) is 3.90. The van der Waals surface area contributed by atoms with Gasteiger partial charge in [-0.05, 0) is 55.2 Å². The summed E-state index contributed by atoms with van der Waals surface area (Å²) < 4.78 is 10.8. The Bertz CT molecular complexity index is 801. The van der Waals surface area contributed by atoms with E-state index in [1.807, 2.05) is 51.1 Å². The van der Waals surface area contributed by atoms with Crippen molar-refractivity contribution in [2.45, 2.75) is 33.9 Å². The summed E-state index contributed by atoms with van der Waals surface area (Å²) in [6, 6.07) is 9.84. The van der Waals surface area contributed by atoms with Crippen molar-refractivity contribution < 1.29 is 14.6 Å². The van der Waals surface area contributed by atoms with Crippen LogP contribution in [0, 0.1) is 13.8 Å². The Labute approximate surface area is 177 Å². The van der Waals surface area contributed by atoms with Gasteiger partial charge in [-0.25, -0.2) is 4.99 Å². The summed E-state index contributed by atoms with van der Waals surface area (Å²) in [5.74, 6) is 2.66. The highest BCUT2D eigenvalue weighted by atomic mass is 127. The standard InChI is InChI=1S/C20H25N3O3.HI/c1-4-21-20(23-11-16-7-13(2)19(24)14(3)8-16)22-10-15-5-6-17-18(9-15)26-12-25-17;/h5-9,24H,4,10-12H2,1-3H3,(H2,21,22,23);1H. The van der Waals surface area contributed by atoms with Crippen LogP contribution in [0.5, 0.6) is 17.2 Å². The van der Waals surface area contributed by atoms with Gasteiger partial charge in [-0.2, -0.15) is 0 Å². The van der Waals surface area contributed by atoms with Gasteiger partial charge in [0.15, 0.2) is 17.5 Å². The lowest BCUT2D eigenvalue weighted by molar-refractivity contribution is 0.174. The van der Waals surface area contributed by atoms with Gasteiger partial charge < -0.3 is 25.2 Å². The highest BCUT2D eigenvalue weighted by molar-refractivity contribution is 14.0. The topological polar surface area (TPSA) is 75.1 Å². The number of phenols is 1. The van der Waals surface area contributed by atoms with Crippen LogP contribution in [0.15, 0.2) is 35.3 Å². The van der Waals surface area contributed by atoms with Crippen LogP contribution in [0.1, 0.15) is 29.2 Å². The average molecular weight is 483 g/mol. The molecule has 1 aliphatic rings. The fourth-order valence-electron chi connectivity index (χ4n) is 2.89. The molecule has 1 heterocycles. The van der Waals surface area contributed by atoms with Crippen LogP contribution in [0.4, 0.5) is 0 Å². The number of aliphatic imine (C=N–C) groups is 1. The first-order valence-electron chi connectivity index (χ1n) is 8.76. The molecular weight excluding hydrogens is 457 g/mol. The molecular formula is C20H26IN3O3. The predicted octanol–water partition coefficient (Wildman–Crippen LogP) is 3.61. The van der Waals surface area contributed by atoms with Crippen molar-refractivity contribution in [1.82, 2.24) is 10.6 Å². The molecule has 0 spiro atoms. The lowest BCUT2D eigenvalue weighted by atomic mass is 10.1. The lowest BCUT2D eigenvalue weighted by Gasteiger charge is -2.12. The monoisotopic (exact) mass is 483 g/mol. The third kappa shape index (κ3) is 5.41. The van der Waals surface area contributed by atoms with E-state index in [0.717, 1.165) is 46.3 Å². The van der Waals surface area contributed by atoms with Crippen LogP contribution in [0.2, 0.25) is 0 Å². The average Bonchev–Trinajstić information content (AvgIpc) is 3.09. The van der Waals surface area contributed by atoms with Crippen molar-refractivity contribution in [3.8, 4) is 17.2 Å². The number of aromatic hydroxyl groups is 1. The highest BCUT2D eigenvalue weighted by Crippen LogP contribution is 2.32. The molecule has 0 aromatic heterocycles. The minimum atomic E-state index is 0. The summed E-state index contributed by atoms with van der Waals surface area (Å²) in [5, 5.41) is 16.5. The minimum absolute atomic E-state index is 0. The summed E-state index contributed by atoms with van der Waals surface area (Å²) in [7, 11) is 0. The van der Waals surface area contributed by atoms with Gasteiger partial charge in [-0.3, -0.25) is 0 Å². The van der Waals surface area contributed by atoms with Gasteiger partial charge in [0.25, 0.3) is 0 Å². The van der Waals surface area contributed by atoms with Gasteiger partial charge in [-0.15, -0.1) is 24.0 Å². The van der Waals surface area contributed by atoms with E-state index in [1.165, 1.54) is 0 Å². The quantitative estimate of drug-likeness (QED) is 0.344. The Hall–Kier alpha value is -2.16. The molecule has 0 atom stereocenters. The van der Waals surface area contributed by atoms with Crippen LogP contribution < -0.4 is 20.1 Å². The largest absolute Gasteiger partial charge is 0.507 e. The molecule has 3 N–H and O–H groups in total. The Balaban J connectivity index is 0.00000261. The fraction of sp³-hybridized carbons (Fsp3) is 0.350. The van der Waals surface area contributed by atoms with Crippen molar-refractivity contribution in [3.05, 3.63) is 52.6 Å². The molecule has 0 amide bonds. The van der Waals surface area contributed by atoms with Gasteiger partial charge in [0.1, 0.15) is 5.75 Å². The summed E-state index contributed by atoms with van der Waals surface area (Å²) in [6.45, 7) is 8.07. The number of aryl methyl sites for hydroxylation is 2. The Morgan fingerprint density at radius 1 is 1.04 bits per heavy atom. The summed E-state index contributed by atoms with van der Waals surface area (Å²) in [6.07, 6.45) is 0. The molecule has 146 valence electrons. The number of hydrogen-bond acceptors (Lipinski definition) is 4. The number of hydrogen-bond donors (Lipinski definition) is 3. The normalized spacial score (nSPS) is 12.5. The molecule has 0 radical (unpaired) electrons. The molecule has 0 saturated carbocycles. The molecule has 0 bridgehead atoms. The molecule has 0 fully saturated rings. The van der Waals surface area contributed by atoms with Gasteiger partial charge in [0.2, 0.25) is 6.79 Å². The van der Waals surface area contributed by atoms with Crippen molar-refractivity contribution in [2.75, 3.05) is 13.3 Å². The number of fused-ring (bicyclic) bond motifs is 1. The van der Waals surface area contributed by atoms with E-state index in [4.69, 9.17) is 9.47 Å². The molecule has 0 unspecified atom stereocenters. The second-order valence-electron chi connectivity index (χ2n) is 6.31. The number of phenolic OH excluding ortho intramolecular Hbond substituents is 1. The first-order valence-corrected chi connectivity index (χ1v) is 8.76.